The molecule has 118 valence electrons. The number of hydrogen-bond acceptors (Lipinski definition) is 5. The number of hydrogen-bond donors (Lipinski definition) is 1. The predicted molar refractivity (Wildman–Crippen MR) is 97.1 cm³/mol. The van der Waals surface area contributed by atoms with Crippen LogP contribution in [0.3, 0.4) is 0 Å². The topological polar surface area (TPSA) is 30.5 Å². The molecule has 1 aromatic rings. The van der Waals surface area contributed by atoms with E-state index in [4.69, 9.17) is 9.47 Å². The summed E-state index contributed by atoms with van der Waals surface area (Å²) >= 11 is 7.71. The van der Waals surface area contributed by atoms with E-state index in [0.717, 1.165) is 34.3 Å². The van der Waals surface area contributed by atoms with Crippen molar-refractivity contribution < 1.29 is 9.47 Å². The molecule has 0 radical (unpaired) electrons. The SMILES string of the molecule is CCOc1c(Br)cc(CNCC2CSCCS2)cc1OC. The molecule has 6 heteroatoms. The minimum absolute atomic E-state index is 0.628. The van der Waals surface area contributed by atoms with E-state index in [-0.39, 0.29) is 0 Å². The fourth-order valence-electron chi connectivity index (χ4n) is 2.19. The van der Waals surface area contributed by atoms with Crippen LogP contribution in [0.1, 0.15) is 12.5 Å². The van der Waals surface area contributed by atoms with Gasteiger partial charge in [0, 0.05) is 35.6 Å². The number of halogens is 1. The van der Waals surface area contributed by atoms with E-state index in [1.54, 1.807) is 7.11 Å². The van der Waals surface area contributed by atoms with Crippen LogP contribution in [0.15, 0.2) is 16.6 Å². The van der Waals surface area contributed by atoms with Gasteiger partial charge >= 0.3 is 0 Å². The lowest BCUT2D eigenvalue weighted by atomic mass is 10.2. The number of benzene rings is 1. The molecule has 1 unspecified atom stereocenters. The second kappa shape index (κ2) is 9.18. The Hall–Kier alpha value is -0.0400. The van der Waals surface area contributed by atoms with Gasteiger partial charge in [-0.05, 0) is 40.5 Å². The number of methoxy groups -OCH3 is 1. The van der Waals surface area contributed by atoms with Crippen molar-refractivity contribution in [2.45, 2.75) is 18.7 Å². The molecule has 2 rings (SSSR count). The third-order valence-electron chi connectivity index (χ3n) is 3.16. The van der Waals surface area contributed by atoms with Crippen LogP contribution in [0.25, 0.3) is 0 Å². The van der Waals surface area contributed by atoms with E-state index in [0.29, 0.717) is 6.61 Å². The largest absolute Gasteiger partial charge is 0.493 e. The number of rotatable bonds is 7. The molecule has 1 fully saturated rings. The number of thioether (sulfide) groups is 2. The van der Waals surface area contributed by atoms with Crippen molar-refractivity contribution >= 4 is 39.5 Å². The van der Waals surface area contributed by atoms with Gasteiger partial charge in [0.15, 0.2) is 11.5 Å². The molecule has 1 heterocycles. The summed E-state index contributed by atoms with van der Waals surface area (Å²) < 4.78 is 12.0. The fourth-order valence-corrected chi connectivity index (χ4v) is 5.44. The van der Waals surface area contributed by atoms with Gasteiger partial charge in [-0.1, -0.05) is 0 Å². The van der Waals surface area contributed by atoms with E-state index >= 15 is 0 Å². The number of nitrogens with one attached hydrogen (secondary N) is 1. The lowest BCUT2D eigenvalue weighted by Crippen LogP contribution is -2.28. The molecule has 21 heavy (non-hydrogen) atoms. The number of ether oxygens (including phenoxy) is 2. The zero-order chi connectivity index (χ0) is 15.1. The third kappa shape index (κ3) is 5.27. The smallest absolute Gasteiger partial charge is 0.175 e. The first-order valence-electron chi connectivity index (χ1n) is 7.13. The quantitative estimate of drug-likeness (QED) is 0.763. The Morgan fingerprint density at radius 1 is 1.38 bits per heavy atom. The Bertz CT molecular complexity index is 454. The maximum atomic E-state index is 5.61. The second-order valence-electron chi connectivity index (χ2n) is 4.74. The Labute approximate surface area is 144 Å². The maximum absolute atomic E-state index is 5.61. The molecule has 1 N–H and O–H groups in total. The predicted octanol–water partition coefficient (Wildman–Crippen LogP) is 3.79. The summed E-state index contributed by atoms with van der Waals surface area (Å²) in [5, 5.41) is 4.28. The Kier molecular flexibility index (Phi) is 7.57. The third-order valence-corrected chi connectivity index (χ3v) is 6.60. The van der Waals surface area contributed by atoms with Crippen LogP contribution in [0.4, 0.5) is 0 Å². The molecule has 3 nitrogen and oxygen atoms in total. The Morgan fingerprint density at radius 3 is 2.90 bits per heavy atom. The highest BCUT2D eigenvalue weighted by Gasteiger charge is 2.14. The Morgan fingerprint density at radius 2 is 2.24 bits per heavy atom. The highest BCUT2D eigenvalue weighted by atomic mass is 79.9. The normalized spacial score (nSPS) is 18.5. The standard InChI is InChI=1S/C15H22BrNO2S2/c1-3-19-15-13(16)6-11(7-14(15)18-2)8-17-9-12-10-20-4-5-21-12/h6-7,12,17H,3-5,8-10H2,1-2H3. The van der Waals surface area contributed by atoms with Gasteiger partial charge in [-0.15, -0.1) is 0 Å². The average Bonchev–Trinajstić information content (AvgIpc) is 2.51. The first-order valence-corrected chi connectivity index (χ1v) is 10.1. The average molecular weight is 392 g/mol. The minimum atomic E-state index is 0.628. The van der Waals surface area contributed by atoms with Crippen molar-refractivity contribution in [3.8, 4) is 11.5 Å². The van der Waals surface area contributed by atoms with E-state index in [1.165, 1.54) is 22.8 Å². The maximum Gasteiger partial charge on any atom is 0.175 e. The Balaban J connectivity index is 1.92. The van der Waals surface area contributed by atoms with Gasteiger partial charge in [-0.25, -0.2) is 0 Å². The minimum Gasteiger partial charge on any atom is -0.493 e. The molecule has 0 bridgehead atoms. The van der Waals surface area contributed by atoms with Gasteiger partial charge in [0.1, 0.15) is 0 Å². The van der Waals surface area contributed by atoms with Crippen LogP contribution in [-0.4, -0.2) is 42.8 Å². The summed E-state index contributed by atoms with van der Waals surface area (Å²) in [5.74, 6) is 5.39. The summed E-state index contributed by atoms with van der Waals surface area (Å²) in [4.78, 5) is 0. The first kappa shape index (κ1) is 17.3. The van der Waals surface area contributed by atoms with Gasteiger partial charge in [0.25, 0.3) is 0 Å². The highest BCUT2D eigenvalue weighted by Crippen LogP contribution is 2.36. The van der Waals surface area contributed by atoms with Gasteiger partial charge < -0.3 is 14.8 Å². The van der Waals surface area contributed by atoms with E-state index < -0.39 is 0 Å². The van der Waals surface area contributed by atoms with Crippen LogP contribution >= 0.6 is 39.5 Å². The lowest BCUT2D eigenvalue weighted by Gasteiger charge is -2.21. The molecule has 1 atom stereocenters. The molecule has 0 amide bonds. The molecule has 1 aliphatic rings. The lowest BCUT2D eigenvalue weighted by molar-refractivity contribution is 0.308. The van der Waals surface area contributed by atoms with Crippen molar-refractivity contribution in [2.75, 3.05) is 37.5 Å². The van der Waals surface area contributed by atoms with Crippen LogP contribution < -0.4 is 14.8 Å². The summed E-state index contributed by atoms with van der Waals surface area (Å²) in [6.07, 6.45) is 0. The zero-order valence-electron chi connectivity index (χ0n) is 12.5. The molecule has 0 saturated carbocycles. The summed E-state index contributed by atoms with van der Waals surface area (Å²) in [6.45, 7) is 4.51. The first-order chi connectivity index (χ1) is 10.2. The van der Waals surface area contributed by atoms with Crippen LogP contribution in [0, 0.1) is 0 Å². The monoisotopic (exact) mass is 391 g/mol. The van der Waals surface area contributed by atoms with Gasteiger partial charge in [-0.3, -0.25) is 0 Å². The molecule has 0 aliphatic carbocycles. The van der Waals surface area contributed by atoms with Gasteiger partial charge in [0.05, 0.1) is 18.2 Å². The molecule has 0 aromatic heterocycles. The molecule has 1 aliphatic heterocycles. The van der Waals surface area contributed by atoms with Crippen LogP contribution in [0.5, 0.6) is 11.5 Å². The van der Waals surface area contributed by atoms with Crippen LogP contribution in [-0.2, 0) is 6.54 Å². The van der Waals surface area contributed by atoms with E-state index in [1.807, 2.05) is 13.0 Å². The second-order valence-corrected chi connectivity index (χ2v) is 8.15. The zero-order valence-corrected chi connectivity index (χ0v) is 15.7. The van der Waals surface area contributed by atoms with Crippen molar-refractivity contribution in [2.24, 2.45) is 0 Å². The van der Waals surface area contributed by atoms with Crippen molar-refractivity contribution in [3.63, 3.8) is 0 Å². The molecule has 1 saturated heterocycles. The van der Waals surface area contributed by atoms with Crippen molar-refractivity contribution in [3.05, 3.63) is 22.2 Å². The van der Waals surface area contributed by atoms with Crippen molar-refractivity contribution in [1.82, 2.24) is 5.32 Å². The van der Waals surface area contributed by atoms with Crippen LogP contribution in [0.2, 0.25) is 0 Å². The molecule has 1 aromatic carbocycles. The highest BCUT2D eigenvalue weighted by molar-refractivity contribution is 9.10. The van der Waals surface area contributed by atoms with Gasteiger partial charge in [-0.2, -0.15) is 23.5 Å². The summed E-state index contributed by atoms with van der Waals surface area (Å²) in [7, 11) is 1.68. The molecule has 0 spiro atoms. The molecular weight excluding hydrogens is 370 g/mol. The summed E-state index contributed by atoms with van der Waals surface area (Å²) in [6, 6.07) is 4.15. The van der Waals surface area contributed by atoms with E-state index in [2.05, 4.69) is 50.8 Å². The molecular formula is C15H22BrNO2S2. The fraction of sp³-hybridized carbons (Fsp3) is 0.600. The van der Waals surface area contributed by atoms with E-state index in [9.17, 15) is 0 Å². The van der Waals surface area contributed by atoms with Crippen molar-refractivity contribution in [1.29, 1.82) is 0 Å². The van der Waals surface area contributed by atoms with Gasteiger partial charge in [0.2, 0.25) is 0 Å². The summed E-state index contributed by atoms with van der Waals surface area (Å²) in [5.41, 5.74) is 1.20.